The van der Waals surface area contributed by atoms with E-state index in [4.69, 9.17) is 37.0 Å². The van der Waals surface area contributed by atoms with E-state index >= 15 is 0 Å². The van der Waals surface area contributed by atoms with Crippen molar-refractivity contribution in [2.75, 3.05) is 39.6 Å². The maximum absolute atomic E-state index is 13.0. The van der Waals surface area contributed by atoms with Crippen molar-refractivity contribution in [3.63, 3.8) is 0 Å². The summed E-state index contributed by atoms with van der Waals surface area (Å²) in [5, 5.41) is 10.5. The molecule has 0 amide bonds. The fourth-order valence-corrected chi connectivity index (χ4v) is 12.1. The summed E-state index contributed by atoms with van der Waals surface area (Å²) >= 11 is 0. The molecule has 0 aliphatic carbocycles. The van der Waals surface area contributed by atoms with Crippen molar-refractivity contribution >= 4 is 39.5 Å². The Morgan fingerprint density at radius 2 is 0.573 bits per heavy atom. The Labute approximate surface area is 543 Å². The topological polar surface area (TPSA) is 237 Å². The highest BCUT2D eigenvalue weighted by Crippen LogP contribution is 2.45. The molecule has 19 heteroatoms. The molecule has 0 aromatic carbocycles. The normalized spacial score (nSPS) is 14.4. The second-order valence-electron chi connectivity index (χ2n) is 26.0. The second kappa shape index (κ2) is 62.2. The Morgan fingerprint density at radius 1 is 0.326 bits per heavy atom. The molecule has 0 bridgehead atoms. The zero-order valence-electron chi connectivity index (χ0n) is 57.7. The molecule has 0 aromatic rings. The van der Waals surface area contributed by atoms with Gasteiger partial charge in [-0.25, -0.2) is 9.13 Å². The van der Waals surface area contributed by atoms with Crippen LogP contribution >= 0.6 is 15.6 Å². The van der Waals surface area contributed by atoms with E-state index in [0.29, 0.717) is 25.7 Å². The number of esters is 4. The van der Waals surface area contributed by atoms with Crippen LogP contribution in [0.2, 0.25) is 0 Å². The molecule has 0 aromatic heterocycles. The number of phosphoric ester groups is 2. The maximum Gasteiger partial charge on any atom is 0.472 e. The lowest BCUT2D eigenvalue weighted by Gasteiger charge is -2.21. The fraction of sp³-hybridized carbons (Fsp3) is 0.943. The molecule has 0 fully saturated rings. The van der Waals surface area contributed by atoms with Gasteiger partial charge in [0.1, 0.15) is 19.3 Å². The van der Waals surface area contributed by atoms with Crippen molar-refractivity contribution in [3.05, 3.63) is 0 Å². The Bertz CT molecular complexity index is 1740. The Balaban J connectivity index is 5.09. The van der Waals surface area contributed by atoms with E-state index < -0.39 is 97.5 Å². The number of rotatable bonds is 69. The summed E-state index contributed by atoms with van der Waals surface area (Å²) < 4.78 is 68.0. The molecular formula is C70H136O17P2. The highest BCUT2D eigenvalue weighted by atomic mass is 31.2. The maximum atomic E-state index is 13.0. The molecule has 0 aliphatic heterocycles. The van der Waals surface area contributed by atoms with Crippen LogP contribution in [0.1, 0.15) is 356 Å². The first-order chi connectivity index (χ1) is 42.9. The van der Waals surface area contributed by atoms with Crippen LogP contribution in [0.15, 0.2) is 0 Å². The van der Waals surface area contributed by atoms with E-state index in [1.807, 2.05) is 0 Å². The number of aliphatic hydroxyl groups excluding tert-OH is 1. The van der Waals surface area contributed by atoms with E-state index in [2.05, 4.69) is 41.5 Å². The standard InChI is InChI=1S/C70H136O17P2/c1-7-10-12-14-15-16-30-36-42-48-54-69(74)86-65(58-80-67(72)52-46-38-13-11-8-2)60-84-88(76,77)82-56-64(71)57-83-89(78,79)85-61-66(59-81-68(73)53-47-41-35-32-27-28-33-39-44-50-62(4)5)87-70(75)55-49-43-37-31-26-24-22-20-18-17-19-21-23-25-29-34-40-45-51-63(6)9-3/h62-66,71H,7-61H2,1-6H3,(H,76,77)(H,78,79)/t63?,64-,65+,66+/m0/s1. The minimum Gasteiger partial charge on any atom is -0.462 e. The summed E-state index contributed by atoms with van der Waals surface area (Å²) in [6.45, 7) is 9.49. The van der Waals surface area contributed by atoms with Crippen LogP contribution in [0.4, 0.5) is 0 Å². The summed E-state index contributed by atoms with van der Waals surface area (Å²) in [4.78, 5) is 72.2. The average molecular weight is 1310 g/mol. The predicted octanol–water partition coefficient (Wildman–Crippen LogP) is 20.0. The summed E-state index contributed by atoms with van der Waals surface area (Å²) in [6, 6.07) is 0. The lowest BCUT2D eigenvalue weighted by molar-refractivity contribution is -0.161. The highest BCUT2D eigenvalue weighted by Gasteiger charge is 2.30. The number of hydrogen-bond donors (Lipinski definition) is 3. The third-order valence-corrected chi connectivity index (χ3v) is 18.5. The van der Waals surface area contributed by atoms with Crippen molar-refractivity contribution in [3.8, 4) is 0 Å². The van der Waals surface area contributed by atoms with Crippen molar-refractivity contribution in [1.82, 2.24) is 0 Å². The van der Waals surface area contributed by atoms with Gasteiger partial charge in [0.2, 0.25) is 0 Å². The van der Waals surface area contributed by atoms with Gasteiger partial charge in [-0.15, -0.1) is 0 Å². The van der Waals surface area contributed by atoms with Crippen LogP contribution in [0.3, 0.4) is 0 Å². The van der Waals surface area contributed by atoms with Crippen molar-refractivity contribution in [1.29, 1.82) is 0 Å². The minimum atomic E-state index is -4.95. The molecule has 0 heterocycles. The van der Waals surface area contributed by atoms with Gasteiger partial charge in [-0.3, -0.25) is 37.3 Å². The van der Waals surface area contributed by atoms with Gasteiger partial charge in [0.25, 0.3) is 0 Å². The molecule has 528 valence electrons. The van der Waals surface area contributed by atoms with Gasteiger partial charge in [0, 0.05) is 25.7 Å². The first-order valence-corrected chi connectivity index (χ1v) is 39.5. The Hall–Kier alpha value is -1.94. The van der Waals surface area contributed by atoms with E-state index in [1.165, 1.54) is 167 Å². The van der Waals surface area contributed by atoms with Crippen LogP contribution in [0.25, 0.3) is 0 Å². The smallest absolute Gasteiger partial charge is 0.462 e. The Morgan fingerprint density at radius 3 is 0.854 bits per heavy atom. The summed E-state index contributed by atoms with van der Waals surface area (Å²) in [6.07, 6.45) is 47.7. The number of carbonyl (C=O) groups is 4. The Kier molecular flexibility index (Phi) is 60.8. The molecule has 0 radical (unpaired) electrons. The van der Waals surface area contributed by atoms with Crippen LogP contribution < -0.4 is 0 Å². The van der Waals surface area contributed by atoms with Crippen LogP contribution in [-0.2, 0) is 65.4 Å². The van der Waals surface area contributed by atoms with E-state index in [0.717, 1.165) is 108 Å². The molecular weight excluding hydrogens is 1170 g/mol. The summed E-state index contributed by atoms with van der Waals surface area (Å²) in [7, 11) is -9.89. The number of phosphoric acid groups is 2. The quantitative estimate of drug-likeness (QED) is 0.0222. The minimum absolute atomic E-state index is 0.105. The number of ether oxygens (including phenoxy) is 4. The monoisotopic (exact) mass is 1310 g/mol. The van der Waals surface area contributed by atoms with Gasteiger partial charge in [-0.2, -0.15) is 0 Å². The van der Waals surface area contributed by atoms with Crippen molar-refractivity contribution in [2.24, 2.45) is 11.8 Å². The third-order valence-electron chi connectivity index (χ3n) is 16.6. The van der Waals surface area contributed by atoms with Crippen LogP contribution in [0.5, 0.6) is 0 Å². The molecule has 3 N–H and O–H groups in total. The molecule has 3 unspecified atom stereocenters. The third kappa shape index (κ3) is 63.2. The first kappa shape index (κ1) is 87.1. The molecule has 6 atom stereocenters. The van der Waals surface area contributed by atoms with E-state index in [-0.39, 0.29) is 25.7 Å². The second-order valence-corrected chi connectivity index (χ2v) is 28.9. The van der Waals surface area contributed by atoms with Gasteiger partial charge in [0.05, 0.1) is 26.4 Å². The summed E-state index contributed by atoms with van der Waals surface area (Å²) in [5.41, 5.74) is 0. The van der Waals surface area contributed by atoms with Gasteiger partial charge < -0.3 is 33.8 Å². The number of carbonyl (C=O) groups excluding carboxylic acids is 4. The average Bonchev–Trinajstić information content (AvgIpc) is 3.66. The number of unbranched alkanes of at least 4 members (excludes halogenated alkanes) is 38. The van der Waals surface area contributed by atoms with Gasteiger partial charge in [-0.1, -0.05) is 305 Å². The molecule has 0 saturated heterocycles. The molecule has 17 nitrogen and oxygen atoms in total. The van der Waals surface area contributed by atoms with Gasteiger partial charge in [-0.05, 0) is 37.5 Å². The first-order valence-electron chi connectivity index (χ1n) is 36.5. The highest BCUT2D eigenvalue weighted by molar-refractivity contribution is 7.47. The van der Waals surface area contributed by atoms with Crippen molar-refractivity contribution in [2.45, 2.75) is 374 Å². The molecule has 0 rings (SSSR count). The van der Waals surface area contributed by atoms with Gasteiger partial charge >= 0.3 is 39.5 Å². The fourth-order valence-electron chi connectivity index (χ4n) is 10.6. The van der Waals surface area contributed by atoms with Crippen LogP contribution in [-0.4, -0.2) is 96.7 Å². The molecule has 89 heavy (non-hydrogen) atoms. The predicted molar refractivity (Wildman–Crippen MR) is 358 cm³/mol. The van der Waals surface area contributed by atoms with Gasteiger partial charge in [0.15, 0.2) is 12.2 Å². The number of hydrogen-bond acceptors (Lipinski definition) is 15. The van der Waals surface area contributed by atoms with E-state index in [1.54, 1.807) is 0 Å². The molecule has 0 saturated carbocycles. The van der Waals surface area contributed by atoms with E-state index in [9.17, 15) is 43.2 Å². The zero-order chi connectivity index (χ0) is 65.7. The lowest BCUT2D eigenvalue weighted by Crippen LogP contribution is -2.30. The lowest BCUT2D eigenvalue weighted by atomic mass is 9.99. The SMILES string of the molecule is CCCCCCCCCCCCC(=O)O[C@H](COC(=O)CCCCCCC)COP(=O)(O)OC[C@H](O)COP(=O)(O)OC[C@@H](COC(=O)CCCCCCCCCCCC(C)C)OC(=O)CCCCCCCCCCCCCCCCCCCCC(C)CC. The van der Waals surface area contributed by atoms with Crippen molar-refractivity contribution < 1.29 is 80.2 Å². The zero-order valence-corrected chi connectivity index (χ0v) is 59.5. The largest absolute Gasteiger partial charge is 0.472 e. The van der Waals surface area contributed by atoms with Crippen LogP contribution in [0, 0.1) is 11.8 Å². The molecule has 0 aliphatic rings. The number of aliphatic hydroxyl groups is 1. The molecule has 0 spiro atoms. The summed E-state index contributed by atoms with van der Waals surface area (Å²) in [5.74, 6) is -0.523.